The van der Waals surface area contributed by atoms with Crippen LogP contribution in [0.15, 0.2) is 23.6 Å². The molecule has 0 radical (unpaired) electrons. The van der Waals surface area contributed by atoms with Crippen LogP contribution in [0.2, 0.25) is 0 Å². The van der Waals surface area contributed by atoms with Crippen LogP contribution in [0.4, 0.5) is 5.82 Å². The summed E-state index contributed by atoms with van der Waals surface area (Å²) in [5, 5.41) is 4.25. The molecule has 0 amide bonds. The van der Waals surface area contributed by atoms with E-state index in [9.17, 15) is 0 Å². The van der Waals surface area contributed by atoms with E-state index < -0.39 is 0 Å². The van der Waals surface area contributed by atoms with Gasteiger partial charge in [0.25, 0.3) is 0 Å². The highest BCUT2D eigenvalue weighted by Gasteiger charge is 2.07. The summed E-state index contributed by atoms with van der Waals surface area (Å²) in [6.45, 7) is 3.78. The summed E-state index contributed by atoms with van der Waals surface area (Å²) < 4.78 is 7.06. The molecule has 0 aliphatic heterocycles. The average molecular weight is 266 g/mol. The SMILES string of the molecule is CCCNc1cn2ccnc2c(SCCOC)n1. The van der Waals surface area contributed by atoms with Crippen LogP contribution in [0.3, 0.4) is 0 Å². The number of methoxy groups -OCH3 is 1. The third kappa shape index (κ3) is 3.14. The highest BCUT2D eigenvalue weighted by molar-refractivity contribution is 7.99. The van der Waals surface area contributed by atoms with Gasteiger partial charge in [-0.25, -0.2) is 9.97 Å². The predicted molar refractivity (Wildman–Crippen MR) is 74.4 cm³/mol. The Morgan fingerprint density at radius 1 is 1.50 bits per heavy atom. The van der Waals surface area contributed by atoms with Crippen molar-refractivity contribution in [2.75, 3.05) is 31.3 Å². The van der Waals surface area contributed by atoms with Crippen molar-refractivity contribution in [3.05, 3.63) is 18.6 Å². The molecule has 0 aromatic carbocycles. The largest absolute Gasteiger partial charge is 0.384 e. The Bertz CT molecular complexity index is 500. The Morgan fingerprint density at radius 2 is 2.39 bits per heavy atom. The zero-order chi connectivity index (χ0) is 12.8. The first-order valence-corrected chi connectivity index (χ1v) is 7.03. The molecule has 2 heterocycles. The molecule has 0 saturated heterocycles. The van der Waals surface area contributed by atoms with Crippen molar-refractivity contribution in [1.29, 1.82) is 0 Å². The number of rotatable bonds is 7. The van der Waals surface area contributed by atoms with Crippen LogP contribution in [0.25, 0.3) is 5.65 Å². The Kier molecular flexibility index (Phi) is 4.83. The third-order valence-corrected chi connectivity index (χ3v) is 3.34. The molecule has 2 rings (SSSR count). The van der Waals surface area contributed by atoms with Crippen LogP contribution < -0.4 is 5.32 Å². The van der Waals surface area contributed by atoms with Crippen molar-refractivity contribution in [3.8, 4) is 0 Å². The maximum absolute atomic E-state index is 5.06. The summed E-state index contributed by atoms with van der Waals surface area (Å²) in [5.74, 6) is 1.77. The summed E-state index contributed by atoms with van der Waals surface area (Å²) in [5.41, 5.74) is 0.901. The number of thioether (sulfide) groups is 1. The molecule has 0 aliphatic carbocycles. The zero-order valence-electron chi connectivity index (χ0n) is 10.7. The molecule has 18 heavy (non-hydrogen) atoms. The van der Waals surface area contributed by atoms with Gasteiger partial charge in [0.05, 0.1) is 12.8 Å². The van der Waals surface area contributed by atoms with E-state index >= 15 is 0 Å². The van der Waals surface area contributed by atoms with E-state index in [2.05, 4.69) is 22.2 Å². The van der Waals surface area contributed by atoms with Gasteiger partial charge in [-0.1, -0.05) is 6.92 Å². The number of imidazole rings is 1. The highest BCUT2D eigenvalue weighted by atomic mass is 32.2. The van der Waals surface area contributed by atoms with E-state index in [1.807, 2.05) is 16.8 Å². The summed E-state index contributed by atoms with van der Waals surface area (Å²) in [7, 11) is 1.71. The number of anilines is 1. The number of nitrogens with zero attached hydrogens (tertiary/aromatic N) is 3. The molecular formula is C12H18N4OS. The molecule has 0 saturated carbocycles. The predicted octanol–water partition coefficient (Wildman–Crippen LogP) is 2.29. The van der Waals surface area contributed by atoms with Gasteiger partial charge in [0.2, 0.25) is 0 Å². The second-order valence-electron chi connectivity index (χ2n) is 3.86. The van der Waals surface area contributed by atoms with Gasteiger partial charge in [-0.15, -0.1) is 11.8 Å². The average Bonchev–Trinajstić information content (AvgIpc) is 2.85. The maximum atomic E-state index is 5.06. The monoisotopic (exact) mass is 266 g/mol. The van der Waals surface area contributed by atoms with Crippen molar-refractivity contribution in [2.45, 2.75) is 18.4 Å². The molecule has 0 fully saturated rings. The Morgan fingerprint density at radius 3 is 3.17 bits per heavy atom. The van der Waals surface area contributed by atoms with Crippen LogP contribution in [0.5, 0.6) is 0 Å². The summed E-state index contributed by atoms with van der Waals surface area (Å²) in [6.07, 6.45) is 6.78. The van der Waals surface area contributed by atoms with E-state index in [1.165, 1.54) is 0 Å². The fourth-order valence-electron chi connectivity index (χ4n) is 1.56. The number of aromatic nitrogens is 3. The highest BCUT2D eigenvalue weighted by Crippen LogP contribution is 2.22. The Labute approximate surface area is 111 Å². The quantitative estimate of drug-likeness (QED) is 0.615. The number of ether oxygens (including phenoxy) is 1. The van der Waals surface area contributed by atoms with Gasteiger partial charge in [0.1, 0.15) is 10.8 Å². The van der Waals surface area contributed by atoms with Gasteiger partial charge in [-0.05, 0) is 6.42 Å². The summed E-state index contributed by atoms with van der Waals surface area (Å²) in [6, 6.07) is 0. The normalized spacial score (nSPS) is 11.0. The van der Waals surface area contributed by atoms with Crippen LogP contribution in [-0.2, 0) is 4.74 Å². The van der Waals surface area contributed by atoms with E-state index in [0.717, 1.165) is 35.2 Å². The lowest BCUT2D eigenvalue weighted by Crippen LogP contribution is -2.05. The van der Waals surface area contributed by atoms with Gasteiger partial charge in [0, 0.05) is 31.8 Å². The molecule has 0 bridgehead atoms. The Hall–Kier alpha value is -1.27. The number of fused-ring (bicyclic) bond motifs is 1. The lowest BCUT2D eigenvalue weighted by molar-refractivity contribution is 0.218. The molecular weight excluding hydrogens is 248 g/mol. The van der Waals surface area contributed by atoms with Crippen molar-refractivity contribution < 1.29 is 4.74 Å². The maximum Gasteiger partial charge on any atom is 0.169 e. The van der Waals surface area contributed by atoms with Crippen molar-refractivity contribution in [2.24, 2.45) is 0 Å². The van der Waals surface area contributed by atoms with Crippen molar-refractivity contribution in [1.82, 2.24) is 14.4 Å². The number of nitrogens with one attached hydrogen (secondary N) is 1. The molecule has 0 unspecified atom stereocenters. The van der Waals surface area contributed by atoms with Crippen LogP contribution in [0, 0.1) is 0 Å². The topological polar surface area (TPSA) is 51.5 Å². The van der Waals surface area contributed by atoms with Gasteiger partial charge in [-0.3, -0.25) is 0 Å². The zero-order valence-corrected chi connectivity index (χ0v) is 11.5. The molecule has 0 atom stereocenters. The fraction of sp³-hybridized carbons (Fsp3) is 0.500. The number of hydrogen-bond acceptors (Lipinski definition) is 5. The van der Waals surface area contributed by atoms with E-state index in [-0.39, 0.29) is 0 Å². The molecule has 5 nitrogen and oxygen atoms in total. The number of hydrogen-bond donors (Lipinski definition) is 1. The molecule has 2 aromatic rings. The minimum atomic E-state index is 0.714. The summed E-state index contributed by atoms with van der Waals surface area (Å²) in [4.78, 5) is 8.93. The second kappa shape index (κ2) is 6.61. The second-order valence-corrected chi connectivity index (χ2v) is 4.94. The molecule has 0 aliphatic rings. The van der Waals surface area contributed by atoms with Gasteiger partial charge in [0.15, 0.2) is 5.65 Å². The van der Waals surface area contributed by atoms with E-state index in [4.69, 9.17) is 4.74 Å². The molecule has 98 valence electrons. The molecule has 0 spiro atoms. The Balaban J connectivity index is 2.21. The van der Waals surface area contributed by atoms with E-state index in [0.29, 0.717) is 6.61 Å². The van der Waals surface area contributed by atoms with Gasteiger partial charge < -0.3 is 14.5 Å². The first-order valence-electron chi connectivity index (χ1n) is 6.04. The fourth-order valence-corrected chi connectivity index (χ4v) is 2.45. The standard InChI is InChI=1S/C12H18N4OS/c1-3-4-13-10-9-16-6-5-14-11(16)12(15-10)18-8-7-17-2/h5-6,9,13H,3-4,7-8H2,1-2H3. The van der Waals surface area contributed by atoms with Gasteiger partial charge >= 0.3 is 0 Å². The van der Waals surface area contributed by atoms with E-state index in [1.54, 1.807) is 25.1 Å². The van der Waals surface area contributed by atoms with Crippen LogP contribution in [0.1, 0.15) is 13.3 Å². The molecule has 6 heteroatoms. The molecule has 2 aromatic heterocycles. The summed E-state index contributed by atoms with van der Waals surface area (Å²) >= 11 is 1.67. The smallest absolute Gasteiger partial charge is 0.169 e. The van der Waals surface area contributed by atoms with Gasteiger partial charge in [-0.2, -0.15) is 0 Å². The van der Waals surface area contributed by atoms with Crippen LogP contribution >= 0.6 is 11.8 Å². The third-order valence-electron chi connectivity index (χ3n) is 2.43. The van der Waals surface area contributed by atoms with Crippen molar-refractivity contribution in [3.63, 3.8) is 0 Å². The minimum Gasteiger partial charge on any atom is -0.384 e. The van der Waals surface area contributed by atoms with Crippen LogP contribution in [-0.4, -0.2) is 40.4 Å². The first-order chi connectivity index (χ1) is 8.85. The first kappa shape index (κ1) is 13.2. The lowest BCUT2D eigenvalue weighted by Gasteiger charge is -2.08. The minimum absolute atomic E-state index is 0.714. The molecule has 1 N–H and O–H groups in total. The lowest BCUT2D eigenvalue weighted by atomic mass is 10.5. The van der Waals surface area contributed by atoms with Crippen molar-refractivity contribution >= 4 is 23.2 Å².